The van der Waals surface area contributed by atoms with Crippen LogP contribution in [0.1, 0.15) is 24.5 Å². The largest absolute Gasteiger partial charge is 0.508 e. The number of halogens is 1. The van der Waals surface area contributed by atoms with E-state index in [2.05, 4.69) is 21.2 Å². The Kier molecular flexibility index (Phi) is 9.03. The monoisotopic (exact) mass is 528 g/mol. The van der Waals surface area contributed by atoms with Gasteiger partial charge in [0.2, 0.25) is 0 Å². The molecule has 0 fully saturated rings. The summed E-state index contributed by atoms with van der Waals surface area (Å²) in [6.07, 6.45) is 1.21. The summed E-state index contributed by atoms with van der Waals surface area (Å²) in [5.41, 5.74) is 2.48. The molecule has 0 aromatic heterocycles. The van der Waals surface area contributed by atoms with Gasteiger partial charge in [-0.2, -0.15) is 0 Å². The molecule has 0 spiro atoms. The zero-order valence-corrected chi connectivity index (χ0v) is 20.0. The van der Waals surface area contributed by atoms with Gasteiger partial charge in [0.15, 0.2) is 6.10 Å². The molecule has 4 N–H and O–H groups in total. The molecule has 0 saturated carbocycles. The lowest BCUT2D eigenvalue weighted by Gasteiger charge is -2.27. The Morgan fingerprint density at radius 2 is 1.88 bits per heavy atom. The number of aromatic hydroxyl groups is 1. The first kappa shape index (κ1) is 25.2. The Morgan fingerprint density at radius 3 is 2.65 bits per heavy atom. The van der Waals surface area contributed by atoms with Crippen LogP contribution < -0.4 is 10.8 Å². The first-order valence-corrected chi connectivity index (χ1v) is 11.3. The molecule has 2 amide bonds. The number of hydrogen-bond acceptors (Lipinski definition) is 6. The minimum atomic E-state index is -0.947. The Balaban J connectivity index is 1.84. The SMILES string of the molecule is CO[C@H](CC/C=C/C(=O)NO)[C@H](OC(=O)Nc1cccc2ccccc12)c1cc(Br)ccc1O. The van der Waals surface area contributed by atoms with Crippen LogP contribution in [0.25, 0.3) is 10.8 Å². The standard InChI is InChI=1S/C25H25BrN2O6/c1-33-22(11-4-5-12-23(30)28-32)24(19-15-17(26)13-14-21(19)29)34-25(31)27-20-10-6-8-16-7-2-3-9-18(16)20/h2-3,5-10,12-15,22,24,29,32H,4,11H2,1H3,(H,27,31)(H,28,30)/b12-5+/t22-,24-/m1/s1. The molecule has 0 heterocycles. The lowest BCUT2D eigenvalue weighted by atomic mass is 9.99. The molecular formula is C25H25BrN2O6. The number of benzene rings is 3. The Bertz CT molecular complexity index is 1180. The number of allylic oxidation sites excluding steroid dienone is 1. The van der Waals surface area contributed by atoms with Crippen molar-refractivity contribution in [2.75, 3.05) is 12.4 Å². The maximum Gasteiger partial charge on any atom is 0.412 e. The molecule has 2 atom stereocenters. The predicted octanol–water partition coefficient (Wildman–Crippen LogP) is 5.45. The van der Waals surface area contributed by atoms with Gasteiger partial charge < -0.3 is 14.6 Å². The Morgan fingerprint density at radius 1 is 1.12 bits per heavy atom. The zero-order chi connectivity index (χ0) is 24.5. The zero-order valence-electron chi connectivity index (χ0n) is 18.4. The van der Waals surface area contributed by atoms with Crippen LogP contribution in [0.15, 0.2) is 77.3 Å². The summed E-state index contributed by atoms with van der Waals surface area (Å²) < 4.78 is 12.1. The number of methoxy groups -OCH3 is 1. The van der Waals surface area contributed by atoms with Gasteiger partial charge in [-0.25, -0.2) is 10.3 Å². The van der Waals surface area contributed by atoms with E-state index >= 15 is 0 Å². The third kappa shape index (κ3) is 6.57. The van der Waals surface area contributed by atoms with Crippen LogP contribution in [0.3, 0.4) is 0 Å². The Hall–Kier alpha value is -3.40. The molecule has 0 unspecified atom stereocenters. The molecular weight excluding hydrogens is 504 g/mol. The van der Waals surface area contributed by atoms with Crippen molar-refractivity contribution in [3.8, 4) is 5.75 Å². The summed E-state index contributed by atoms with van der Waals surface area (Å²) in [7, 11) is 1.48. The number of rotatable bonds is 9. The van der Waals surface area contributed by atoms with Crippen molar-refractivity contribution in [2.45, 2.75) is 25.0 Å². The van der Waals surface area contributed by atoms with Crippen LogP contribution in [0.2, 0.25) is 0 Å². The smallest absolute Gasteiger partial charge is 0.412 e. The van der Waals surface area contributed by atoms with Gasteiger partial charge in [-0.15, -0.1) is 0 Å². The molecule has 0 aliphatic heterocycles. The van der Waals surface area contributed by atoms with Gasteiger partial charge in [0.1, 0.15) is 5.75 Å². The highest BCUT2D eigenvalue weighted by molar-refractivity contribution is 9.10. The van der Waals surface area contributed by atoms with Gasteiger partial charge in [0, 0.05) is 28.6 Å². The maximum atomic E-state index is 12.9. The van der Waals surface area contributed by atoms with E-state index in [1.54, 1.807) is 24.3 Å². The van der Waals surface area contributed by atoms with Gasteiger partial charge in [0.05, 0.1) is 11.8 Å². The number of ether oxygens (including phenoxy) is 2. The number of hydroxylamine groups is 1. The van der Waals surface area contributed by atoms with Crippen molar-refractivity contribution >= 4 is 44.4 Å². The van der Waals surface area contributed by atoms with Crippen LogP contribution >= 0.6 is 15.9 Å². The van der Waals surface area contributed by atoms with Gasteiger partial charge >= 0.3 is 6.09 Å². The normalized spacial score (nSPS) is 12.9. The predicted molar refractivity (Wildman–Crippen MR) is 132 cm³/mol. The lowest BCUT2D eigenvalue weighted by Crippen LogP contribution is -2.28. The van der Waals surface area contributed by atoms with Crippen molar-refractivity contribution < 1.29 is 29.4 Å². The molecule has 0 bridgehead atoms. The number of carbonyl (C=O) groups excluding carboxylic acids is 2. The number of phenolic OH excluding ortho intramolecular Hbond substituents is 1. The molecule has 34 heavy (non-hydrogen) atoms. The van der Waals surface area contributed by atoms with Gasteiger partial charge in [0.25, 0.3) is 5.91 Å². The van der Waals surface area contributed by atoms with Crippen LogP contribution in [0.4, 0.5) is 10.5 Å². The van der Waals surface area contributed by atoms with E-state index in [1.165, 1.54) is 24.7 Å². The number of amides is 2. The van der Waals surface area contributed by atoms with E-state index in [9.17, 15) is 14.7 Å². The molecule has 8 nitrogen and oxygen atoms in total. The molecule has 0 aliphatic carbocycles. The highest BCUT2D eigenvalue weighted by Crippen LogP contribution is 2.35. The molecule has 9 heteroatoms. The second-order valence-electron chi connectivity index (χ2n) is 7.41. The summed E-state index contributed by atoms with van der Waals surface area (Å²) in [6, 6.07) is 18.0. The van der Waals surface area contributed by atoms with E-state index in [-0.39, 0.29) is 5.75 Å². The second kappa shape index (κ2) is 12.2. The number of hydrogen-bond donors (Lipinski definition) is 4. The third-order valence-electron chi connectivity index (χ3n) is 5.19. The molecule has 0 radical (unpaired) electrons. The third-order valence-corrected chi connectivity index (χ3v) is 5.69. The van der Waals surface area contributed by atoms with Gasteiger partial charge in [-0.1, -0.05) is 58.4 Å². The van der Waals surface area contributed by atoms with Crippen LogP contribution in [-0.4, -0.2) is 35.5 Å². The molecule has 178 valence electrons. The maximum absolute atomic E-state index is 12.9. The number of nitrogens with one attached hydrogen (secondary N) is 2. The summed E-state index contributed by atoms with van der Waals surface area (Å²) in [4.78, 5) is 24.1. The fourth-order valence-corrected chi connectivity index (χ4v) is 3.94. The fourth-order valence-electron chi connectivity index (χ4n) is 3.56. The lowest BCUT2D eigenvalue weighted by molar-refractivity contribution is -0.124. The first-order valence-electron chi connectivity index (χ1n) is 10.5. The number of phenols is 1. The fraction of sp³-hybridized carbons (Fsp3) is 0.200. The van der Waals surface area contributed by atoms with Crippen molar-refractivity contribution in [3.05, 3.63) is 82.9 Å². The van der Waals surface area contributed by atoms with Crippen LogP contribution in [-0.2, 0) is 14.3 Å². The number of anilines is 1. The molecule has 3 aromatic rings. The summed E-state index contributed by atoms with van der Waals surface area (Å²) in [5.74, 6) is -0.704. The summed E-state index contributed by atoms with van der Waals surface area (Å²) in [6.45, 7) is 0. The van der Waals surface area contributed by atoms with E-state index in [4.69, 9.17) is 14.7 Å². The van der Waals surface area contributed by atoms with Crippen molar-refractivity contribution in [3.63, 3.8) is 0 Å². The summed E-state index contributed by atoms with van der Waals surface area (Å²) >= 11 is 3.38. The Labute approximate surface area is 205 Å². The molecule has 0 aliphatic rings. The van der Waals surface area contributed by atoms with Gasteiger partial charge in [-0.05, 0) is 42.5 Å². The van der Waals surface area contributed by atoms with Crippen molar-refractivity contribution in [2.24, 2.45) is 0 Å². The van der Waals surface area contributed by atoms with Gasteiger partial charge in [-0.3, -0.25) is 15.3 Å². The minimum Gasteiger partial charge on any atom is -0.508 e. The van der Waals surface area contributed by atoms with Crippen molar-refractivity contribution in [1.29, 1.82) is 0 Å². The quantitative estimate of drug-likeness (QED) is 0.166. The summed E-state index contributed by atoms with van der Waals surface area (Å²) in [5, 5.41) is 23.7. The number of fused-ring (bicyclic) bond motifs is 1. The average molecular weight is 529 g/mol. The van der Waals surface area contributed by atoms with Crippen LogP contribution in [0.5, 0.6) is 5.75 Å². The number of carbonyl (C=O) groups is 2. The molecule has 0 saturated heterocycles. The van der Waals surface area contributed by atoms with E-state index in [0.717, 1.165) is 10.8 Å². The van der Waals surface area contributed by atoms with E-state index < -0.39 is 24.2 Å². The topological polar surface area (TPSA) is 117 Å². The minimum absolute atomic E-state index is 0.0524. The average Bonchev–Trinajstić information content (AvgIpc) is 2.84. The first-order chi connectivity index (χ1) is 16.4. The highest BCUT2D eigenvalue weighted by atomic mass is 79.9. The van der Waals surface area contributed by atoms with Crippen LogP contribution in [0, 0.1) is 0 Å². The van der Waals surface area contributed by atoms with E-state index in [0.29, 0.717) is 28.6 Å². The van der Waals surface area contributed by atoms with E-state index in [1.807, 2.05) is 36.4 Å². The highest BCUT2D eigenvalue weighted by Gasteiger charge is 2.29. The molecule has 3 rings (SSSR count). The molecule has 3 aromatic carbocycles. The van der Waals surface area contributed by atoms with Crippen molar-refractivity contribution in [1.82, 2.24) is 5.48 Å². The second-order valence-corrected chi connectivity index (χ2v) is 8.33.